The standard InChI is InChI=1S/C13H14O3/c1-10(9-13(14)15)3-4-11-5-7-12(16-2)8-6-11/h3-9H,1-2H3,(H,14,15)/b4-3?,10-9+. The van der Waals surface area contributed by atoms with E-state index in [0.717, 1.165) is 11.3 Å². The Bertz CT molecular complexity index is 413. The molecule has 0 aromatic heterocycles. The first-order valence-corrected chi connectivity index (χ1v) is 4.85. The van der Waals surface area contributed by atoms with Crippen molar-refractivity contribution in [2.24, 2.45) is 0 Å². The molecule has 0 radical (unpaired) electrons. The van der Waals surface area contributed by atoms with Crippen molar-refractivity contribution < 1.29 is 14.6 Å². The van der Waals surface area contributed by atoms with E-state index in [1.807, 2.05) is 30.3 Å². The van der Waals surface area contributed by atoms with Crippen LogP contribution >= 0.6 is 0 Å². The van der Waals surface area contributed by atoms with Crippen LogP contribution in [0.15, 0.2) is 42.0 Å². The second kappa shape index (κ2) is 5.75. The summed E-state index contributed by atoms with van der Waals surface area (Å²) in [5.41, 5.74) is 1.70. The number of carboxylic acid groups (broad SMARTS) is 1. The molecular weight excluding hydrogens is 204 g/mol. The number of carbonyl (C=O) groups is 1. The number of aliphatic carboxylic acids is 1. The Hall–Kier alpha value is -2.03. The Morgan fingerprint density at radius 1 is 1.31 bits per heavy atom. The van der Waals surface area contributed by atoms with Crippen molar-refractivity contribution in [2.45, 2.75) is 6.92 Å². The zero-order chi connectivity index (χ0) is 12.0. The van der Waals surface area contributed by atoms with Crippen LogP contribution in [0.4, 0.5) is 0 Å². The van der Waals surface area contributed by atoms with Crippen LogP contribution in [0.25, 0.3) is 6.08 Å². The smallest absolute Gasteiger partial charge is 0.328 e. The van der Waals surface area contributed by atoms with Gasteiger partial charge in [-0.2, -0.15) is 0 Å². The van der Waals surface area contributed by atoms with Crippen molar-refractivity contribution >= 4 is 12.0 Å². The molecule has 84 valence electrons. The van der Waals surface area contributed by atoms with E-state index in [9.17, 15) is 4.79 Å². The van der Waals surface area contributed by atoms with Crippen molar-refractivity contribution in [3.63, 3.8) is 0 Å². The van der Waals surface area contributed by atoms with E-state index in [0.29, 0.717) is 5.57 Å². The normalized spacial score (nSPS) is 11.8. The van der Waals surface area contributed by atoms with Crippen LogP contribution in [-0.2, 0) is 4.79 Å². The highest BCUT2D eigenvalue weighted by Crippen LogP contribution is 2.12. The molecule has 0 aliphatic heterocycles. The number of rotatable bonds is 4. The number of carboxylic acids is 1. The van der Waals surface area contributed by atoms with E-state index in [-0.39, 0.29) is 0 Å². The zero-order valence-electron chi connectivity index (χ0n) is 9.31. The Morgan fingerprint density at radius 3 is 2.44 bits per heavy atom. The Kier molecular flexibility index (Phi) is 4.33. The number of hydrogen-bond donors (Lipinski definition) is 1. The fraction of sp³-hybridized carbons (Fsp3) is 0.154. The minimum atomic E-state index is -0.933. The van der Waals surface area contributed by atoms with Crippen LogP contribution in [0.3, 0.4) is 0 Å². The van der Waals surface area contributed by atoms with E-state index < -0.39 is 5.97 Å². The van der Waals surface area contributed by atoms with Gasteiger partial charge in [-0.1, -0.05) is 24.3 Å². The first-order valence-electron chi connectivity index (χ1n) is 4.85. The first kappa shape index (κ1) is 12.0. The quantitative estimate of drug-likeness (QED) is 0.624. The van der Waals surface area contributed by atoms with E-state index in [2.05, 4.69) is 0 Å². The summed E-state index contributed by atoms with van der Waals surface area (Å²) < 4.78 is 5.03. The predicted octanol–water partition coefficient (Wildman–Crippen LogP) is 2.74. The van der Waals surface area contributed by atoms with E-state index in [4.69, 9.17) is 9.84 Å². The lowest BCUT2D eigenvalue weighted by molar-refractivity contribution is -0.131. The van der Waals surface area contributed by atoms with E-state index in [1.54, 1.807) is 20.1 Å². The van der Waals surface area contributed by atoms with Crippen LogP contribution in [0.1, 0.15) is 12.5 Å². The van der Waals surface area contributed by atoms with E-state index >= 15 is 0 Å². The van der Waals surface area contributed by atoms with Crippen LogP contribution in [0.2, 0.25) is 0 Å². The maximum absolute atomic E-state index is 10.4. The Balaban J connectivity index is 2.72. The maximum atomic E-state index is 10.4. The molecule has 0 heterocycles. The summed E-state index contributed by atoms with van der Waals surface area (Å²) >= 11 is 0. The van der Waals surface area contributed by atoms with Crippen LogP contribution in [0, 0.1) is 0 Å². The number of ether oxygens (including phenoxy) is 1. The molecule has 0 saturated heterocycles. The van der Waals surface area contributed by atoms with Gasteiger partial charge in [-0.05, 0) is 30.2 Å². The van der Waals surface area contributed by atoms with Crippen molar-refractivity contribution in [1.82, 2.24) is 0 Å². The van der Waals surface area contributed by atoms with Gasteiger partial charge in [0.1, 0.15) is 5.75 Å². The highest BCUT2D eigenvalue weighted by atomic mass is 16.5. The lowest BCUT2D eigenvalue weighted by atomic mass is 10.1. The molecule has 0 unspecified atom stereocenters. The van der Waals surface area contributed by atoms with Crippen molar-refractivity contribution in [2.75, 3.05) is 7.11 Å². The van der Waals surface area contributed by atoms with Crippen molar-refractivity contribution in [1.29, 1.82) is 0 Å². The van der Waals surface area contributed by atoms with Gasteiger partial charge >= 0.3 is 5.97 Å². The highest BCUT2D eigenvalue weighted by Gasteiger charge is 1.91. The minimum absolute atomic E-state index is 0.698. The topological polar surface area (TPSA) is 46.5 Å². The maximum Gasteiger partial charge on any atom is 0.328 e. The summed E-state index contributed by atoms with van der Waals surface area (Å²) in [4.78, 5) is 10.4. The second-order valence-electron chi connectivity index (χ2n) is 3.33. The molecular formula is C13H14O3. The molecule has 1 rings (SSSR count). The summed E-state index contributed by atoms with van der Waals surface area (Å²) in [5, 5.41) is 8.52. The molecule has 0 atom stereocenters. The molecule has 0 bridgehead atoms. The van der Waals surface area contributed by atoms with Gasteiger partial charge in [0.25, 0.3) is 0 Å². The van der Waals surface area contributed by atoms with Gasteiger partial charge in [-0.15, -0.1) is 0 Å². The molecule has 3 heteroatoms. The molecule has 0 amide bonds. The van der Waals surface area contributed by atoms with Gasteiger partial charge < -0.3 is 9.84 Å². The van der Waals surface area contributed by atoms with Gasteiger partial charge in [0.05, 0.1) is 7.11 Å². The molecule has 3 nitrogen and oxygen atoms in total. The fourth-order valence-corrected chi connectivity index (χ4v) is 1.19. The SMILES string of the molecule is COc1ccc(C=C/C(C)=C/C(=O)O)cc1. The van der Waals surface area contributed by atoms with Gasteiger partial charge in [-0.25, -0.2) is 4.79 Å². The molecule has 0 spiro atoms. The average molecular weight is 218 g/mol. The molecule has 1 aromatic carbocycles. The molecule has 1 aromatic rings. The average Bonchev–Trinajstić information content (AvgIpc) is 2.26. The van der Waals surface area contributed by atoms with E-state index in [1.165, 1.54) is 6.08 Å². The van der Waals surface area contributed by atoms with Crippen molar-refractivity contribution in [3.8, 4) is 5.75 Å². The molecule has 0 saturated carbocycles. The monoisotopic (exact) mass is 218 g/mol. The van der Waals surface area contributed by atoms with Crippen LogP contribution < -0.4 is 4.74 Å². The summed E-state index contributed by atoms with van der Waals surface area (Å²) in [6.07, 6.45) is 4.78. The summed E-state index contributed by atoms with van der Waals surface area (Å²) in [6, 6.07) is 7.53. The molecule has 0 aliphatic carbocycles. The molecule has 0 aliphatic rings. The third-order valence-electron chi connectivity index (χ3n) is 2.01. The summed E-state index contributed by atoms with van der Waals surface area (Å²) in [7, 11) is 1.62. The van der Waals surface area contributed by atoms with Gasteiger partial charge in [0, 0.05) is 6.08 Å². The number of methoxy groups -OCH3 is 1. The Labute approximate surface area is 94.7 Å². The first-order chi connectivity index (χ1) is 7.61. The molecule has 0 fully saturated rings. The third-order valence-corrected chi connectivity index (χ3v) is 2.01. The third kappa shape index (κ3) is 4.00. The number of allylic oxidation sites excluding steroid dienone is 2. The lowest BCUT2D eigenvalue weighted by Gasteiger charge is -1.99. The van der Waals surface area contributed by atoms with Crippen LogP contribution in [0.5, 0.6) is 5.75 Å². The molecule has 16 heavy (non-hydrogen) atoms. The second-order valence-corrected chi connectivity index (χ2v) is 3.33. The predicted molar refractivity (Wildman–Crippen MR) is 63.4 cm³/mol. The van der Waals surface area contributed by atoms with Gasteiger partial charge in [0.15, 0.2) is 0 Å². The largest absolute Gasteiger partial charge is 0.497 e. The highest BCUT2D eigenvalue weighted by molar-refractivity contribution is 5.81. The van der Waals surface area contributed by atoms with Gasteiger partial charge in [-0.3, -0.25) is 0 Å². The fourth-order valence-electron chi connectivity index (χ4n) is 1.19. The van der Waals surface area contributed by atoms with Crippen molar-refractivity contribution in [3.05, 3.63) is 47.6 Å². The van der Waals surface area contributed by atoms with Gasteiger partial charge in [0.2, 0.25) is 0 Å². The lowest BCUT2D eigenvalue weighted by Crippen LogP contribution is -1.87. The number of hydrogen-bond acceptors (Lipinski definition) is 2. The minimum Gasteiger partial charge on any atom is -0.497 e. The zero-order valence-corrected chi connectivity index (χ0v) is 9.31. The number of benzene rings is 1. The molecule has 1 N–H and O–H groups in total. The summed E-state index contributed by atoms with van der Waals surface area (Å²) in [5.74, 6) is -0.133. The Morgan fingerprint density at radius 2 is 1.94 bits per heavy atom. The summed E-state index contributed by atoms with van der Waals surface area (Å²) in [6.45, 7) is 1.74. The van der Waals surface area contributed by atoms with Crippen LogP contribution in [-0.4, -0.2) is 18.2 Å².